The van der Waals surface area contributed by atoms with E-state index in [0.717, 1.165) is 5.56 Å². The van der Waals surface area contributed by atoms with Crippen LogP contribution in [0.2, 0.25) is 0 Å². The zero-order valence-corrected chi connectivity index (χ0v) is 19.6. The topological polar surface area (TPSA) is 116 Å². The van der Waals surface area contributed by atoms with Crippen molar-refractivity contribution in [3.8, 4) is 11.5 Å². The Hall–Kier alpha value is -4.79. The van der Waals surface area contributed by atoms with Gasteiger partial charge in [0, 0.05) is 12.1 Å². The van der Waals surface area contributed by atoms with Crippen molar-refractivity contribution in [3.63, 3.8) is 0 Å². The van der Waals surface area contributed by atoms with Gasteiger partial charge in [-0.2, -0.15) is 0 Å². The summed E-state index contributed by atoms with van der Waals surface area (Å²) in [5.74, 6) is -0.565. The van der Waals surface area contributed by atoms with Crippen LogP contribution in [0, 0.1) is 22.0 Å². The molecule has 186 valence electrons. The second-order valence-electron chi connectivity index (χ2n) is 8.79. The number of allylic oxidation sites excluding steroid dienone is 2. The zero-order chi connectivity index (χ0) is 25.9. The molecule has 1 heterocycles. The molecule has 0 bridgehead atoms. The fourth-order valence-corrected chi connectivity index (χ4v) is 4.46. The molecule has 0 saturated carbocycles. The van der Waals surface area contributed by atoms with Gasteiger partial charge in [0.2, 0.25) is 11.8 Å². The van der Waals surface area contributed by atoms with E-state index in [2.05, 4.69) is 0 Å². The molecular weight excluding hydrogens is 476 g/mol. The molecule has 3 aromatic rings. The van der Waals surface area contributed by atoms with Gasteiger partial charge in [-0.25, -0.2) is 4.79 Å². The maximum absolute atomic E-state index is 12.7. The first-order chi connectivity index (χ1) is 17.9. The number of rotatable bonds is 7. The number of nitro benzene ring substituents is 1. The van der Waals surface area contributed by atoms with E-state index in [1.807, 2.05) is 12.2 Å². The highest BCUT2D eigenvalue weighted by atomic mass is 16.6. The lowest BCUT2D eigenvalue weighted by molar-refractivity contribution is -0.384. The van der Waals surface area contributed by atoms with Crippen LogP contribution >= 0.6 is 0 Å². The van der Waals surface area contributed by atoms with Crippen molar-refractivity contribution in [2.75, 3.05) is 4.90 Å². The molecule has 2 aliphatic rings. The van der Waals surface area contributed by atoms with Crippen molar-refractivity contribution in [1.29, 1.82) is 0 Å². The lowest BCUT2D eigenvalue weighted by atomic mass is 9.85. The van der Waals surface area contributed by atoms with E-state index < -0.39 is 10.9 Å². The number of esters is 1. The summed E-state index contributed by atoms with van der Waals surface area (Å²) in [5, 5.41) is 10.7. The first-order valence-corrected chi connectivity index (χ1v) is 11.7. The molecule has 1 fully saturated rings. The van der Waals surface area contributed by atoms with Crippen LogP contribution in [0.3, 0.4) is 0 Å². The van der Waals surface area contributed by atoms with Gasteiger partial charge in [0.15, 0.2) is 0 Å². The van der Waals surface area contributed by atoms with Crippen LogP contribution in [0.5, 0.6) is 11.5 Å². The smallest absolute Gasteiger partial charge is 0.338 e. The van der Waals surface area contributed by atoms with E-state index in [1.54, 1.807) is 48.5 Å². The first kappa shape index (κ1) is 23.9. The Morgan fingerprint density at radius 2 is 1.38 bits per heavy atom. The number of fused-ring (bicyclic) bond motifs is 1. The number of hydrogen-bond donors (Lipinski definition) is 0. The minimum absolute atomic E-state index is 0.0209. The van der Waals surface area contributed by atoms with E-state index in [1.165, 1.54) is 29.2 Å². The average molecular weight is 498 g/mol. The molecule has 5 rings (SSSR count). The number of benzene rings is 3. The Morgan fingerprint density at radius 1 is 0.838 bits per heavy atom. The van der Waals surface area contributed by atoms with Crippen LogP contribution in [-0.4, -0.2) is 22.7 Å². The Labute approximate surface area is 212 Å². The molecule has 37 heavy (non-hydrogen) atoms. The van der Waals surface area contributed by atoms with E-state index >= 15 is 0 Å². The van der Waals surface area contributed by atoms with Crippen LogP contribution in [0.15, 0.2) is 84.9 Å². The van der Waals surface area contributed by atoms with Gasteiger partial charge in [-0.05, 0) is 66.9 Å². The van der Waals surface area contributed by atoms with Crippen molar-refractivity contribution in [3.05, 3.63) is 106 Å². The molecule has 0 aromatic heterocycles. The maximum atomic E-state index is 12.7. The Morgan fingerprint density at radius 3 is 1.92 bits per heavy atom. The summed E-state index contributed by atoms with van der Waals surface area (Å²) >= 11 is 0. The molecular formula is C28H22N2O7. The van der Waals surface area contributed by atoms with Gasteiger partial charge < -0.3 is 9.47 Å². The second-order valence-corrected chi connectivity index (χ2v) is 8.79. The number of anilines is 1. The average Bonchev–Trinajstić information content (AvgIpc) is 3.18. The SMILES string of the molecule is O=C(OCc1ccc(Oc2ccc([N+](=O)[O-])cc2)cc1)c1ccc(N2C(=O)[C@H]3CC=CC[C@@H]3C2=O)cc1. The normalized spacial score (nSPS) is 18.4. The van der Waals surface area contributed by atoms with Gasteiger partial charge in [-0.3, -0.25) is 24.6 Å². The summed E-state index contributed by atoms with van der Waals surface area (Å²) in [6, 6.07) is 18.9. The Balaban J connectivity index is 1.16. The second kappa shape index (κ2) is 10.1. The Kier molecular flexibility index (Phi) is 6.51. The fourth-order valence-electron chi connectivity index (χ4n) is 4.46. The molecule has 1 saturated heterocycles. The summed E-state index contributed by atoms with van der Waals surface area (Å²) in [6.45, 7) is 0.0395. The molecule has 9 nitrogen and oxygen atoms in total. The van der Waals surface area contributed by atoms with E-state index in [0.29, 0.717) is 35.6 Å². The third-order valence-electron chi connectivity index (χ3n) is 6.45. The van der Waals surface area contributed by atoms with Crippen LogP contribution < -0.4 is 9.64 Å². The van der Waals surface area contributed by atoms with E-state index in [-0.39, 0.29) is 35.9 Å². The third-order valence-corrected chi connectivity index (χ3v) is 6.45. The van der Waals surface area contributed by atoms with Crippen molar-refractivity contribution in [2.24, 2.45) is 11.8 Å². The first-order valence-electron chi connectivity index (χ1n) is 11.7. The molecule has 0 spiro atoms. The minimum Gasteiger partial charge on any atom is -0.457 e. The number of non-ortho nitro benzene ring substituents is 1. The molecule has 1 aliphatic heterocycles. The highest BCUT2D eigenvalue weighted by Gasteiger charge is 2.47. The van der Waals surface area contributed by atoms with Crippen LogP contribution in [0.25, 0.3) is 0 Å². The molecule has 2 atom stereocenters. The summed E-state index contributed by atoms with van der Waals surface area (Å²) in [6.07, 6.45) is 5.02. The van der Waals surface area contributed by atoms with E-state index in [4.69, 9.17) is 9.47 Å². The molecule has 3 aromatic carbocycles. The fraction of sp³-hybridized carbons (Fsp3) is 0.179. The predicted molar refractivity (Wildman–Crippen MR) is 133 cm³/mol. The summed E-state index contributed by atoms with van der Waals surface area (Å²) in [5.41, 5.74) is 1.47. The lowest BCUT2D eigenvalue weighted by Crippen LogP contribution is -2.30. The Bertz CT molecular complexity index is 1350. The molecule has 2 amide bonds. The van der Waals surface area contributed by atoms with Crippen molar-refractivity contribution in [2.45, 2.75) is 19.4 Å². The molecule has 0 unspecified atom stereocenters. The zero-order valence-electron chi connectivity index (χ0n) is 19.6. The standard InChI is InChI=1S/C28H22N2O7/c31-26-24-3-1-2-4-25(24)27(32)29(26)20-9-7-19(8-10-20)28(33)36-17-18-5-13-22(14-6-18)37-23-15-11-21(12-16-23)30(34)35/h1-2,5-16,24-25H,3-4,17H2/t24-,25-/m0/s1. The largest absolute Gasteiger partial charge is 0.457 e. The number of imide groups is 1. The van der Waals surface area contributed by atoms with Crippen molar-refractivity contribution >= 4 is 29.2 Å². The summed E-state index contributed by atoms with van der Waals surface area (Å²) in [7, 11) is 0. The number of carbonyl (C=O) groups is 3. The van der Waals surface area contributed by atoms with Gasteiger partial charge in [0.1, 0.15) is 18.1 Å². The molecule has 0 N–H and O–H groups in total. The lowest BCUT2D eigenvalue weighted by Gasteiger charge is -2.15. The van der Waals surface area contributed by atoms with Gasteiger partial charge in [-0.15, -0.1) is 0 Å². The van der Waals surface area contributed by atoms with Gasteiger partial charge in [-0.1, -0.05) is 24.3 Å². The quantitative estimate of drug-likeness (QED) is 0.145. The highest BCUT2D eigenvalue weighted by Crippen LogP contribution is 2.37. The monoisotopic (exact) mass is 498 g/mol. The van der Waals surface area contributed by atoms with Crippen LogP contribution in [0.1, 0.15) is 28.8 Å². The number of hydrogen-bond acceptors (Lipinski definition) is 7. The van der Waals surface area contributed by atoms with Crippen molar-refractivity contribution in [1.82, 2.24) is 0 Å². The minimum atomic E-state index is -0.533. The summed E-state index contributed by atoms with van der Waals surface area (Å²) < 4.78 is 11.1. The van der Waals surface area contributed by atoms with Crippen LogP contribution in [-0.2, 0) is 20.9 Å². The number of nitro groups is 1. The summed E-state index contributed by atoms with van der Waals surface area (Å²) in [4.78, 5) is 49.5. The maximum Gasteiger partial charge on any atom is 0.338 e. The molecule has 9 heteroatoms. The number of nitrogens with zero attached hydrogens (tertiary/aromatic N) is 2. The van der Waals surface area contributed by atoms with Gasteiger partial charge >= 0.3 is 5.97 Å². The third kappa shape index (κ3) is 4.97. The van der Waals surface area contributed by atoms with Gasteiger partial charge in [0.05, 0.1) is 28.0 Å². The number of carbonyl (C=O) groups excluding carboxylic acids is 3. The molecule has 0 radical (unpaired) electrons. The molecule has 1 aliphatic carbocycles. The van der Waals surface area contributed by atoms with E-state index in [9.17, 15) is 24.5 Å². The highest BCUT2D eigenvalue weighted by molar-refractivity contribution is 6.22. The van der Waals surface area contributed by atoms with Crippen molar-refractivity contribution < 1.29 is 28.8 Å². The van der Waals surface area contributed by atoms with Crippen LogP contribution in [0.4, 0.5) is 11.4 Å². The number of amides is 2. The number of ether oxygens (including phenoxy) is 2. The predicted octanol–water partition coefficient (Wildman–Crippen LogP) is 5.20. The van der Waals surface area contributed by atoms with Gasteiger partial charge in [0.25, 0.3) is 5.69 Å².